The highest BCUT2D eigenvalue weighted by atomic mass is 32.2. The van der Waals surface area contributed by atoms with E-state index in [1.807, 2.05) is 13.0 Å². The molecule has 0 bridgehead atoms. The number of nitrogens with one attached hydrogen (secondary N) is 2. The van der Waals surface area contributed by atoms with E-state index in [4.69, 9.17) is 9.47 Å². The van der Waals surface area contributed by atoms with Gasteiger partial charge in [0.2, 0.25) is 5.91 Å². The van der Waals surface area contributed by atoms with Crippen molar-refractivity contribution < 1.29 is 22.7 Å². The molecule has 3 rings (SSSR count). The van der Waals surface area contributed by atoms with Crippen LogP contribution in [0.1, 0.15) is 18.9 Å². The van der Waals surface area contributed by atoms with Crippen LogP contribution in [0, 0.1) is 0 Å². The summed E-state index contributed by atoms with van der Waals surface area (Å²) in [6.45, 7) is 2.61. The van der Waals surface area contributed by atoms with E-state index in [9.17, 15) is 13.2 Å². The quantitative estimate of drug-likeness (QED) is 0.430. The highest BCUT2D eigenvalue weighted by Crippen LogP contribution is 2.28. The molecule has 0 fully saturated rings. The summed E-state index contributed by atoms with van der Waals surface area (Å²) in [5, 5.41) is 2.70. The van der Waals surface area contributed by atoms with Gasteiger partial charge >= 0.3 is 0 Å². The Kier molecular flexibility index (Phi) is 8.04. The van der Waals surface area contributed by atoms with Gasteiger partial charge in [0, 0.05) is 18.0 Å². The summed E-state index contributed by atoms with van der Waals surface area (Å²) < 4.78 is 38.3. The zero-order valence-corrected chi connectivity index (χ0v) is 19.1. The van der Waals surface area contributed by atoms with Gasteiger partial charge in [0.15, 0.2) is 11.5 Å². The van der Waals surface area contributed by atoms with Gasteiger partial charge in [-0.2, -0.15) is 0 Å². The van der Waals surface area contributed by atoms with Gasteiger partial charge in [-0.1, -0.05) is 19.1 Å². The monoisotopic (exact) mass is 467 g/mol. The number of aromatic nitrogens is 1. The fraction of sp³-hybridized carbons (Fsp3) is 0.167. The highest BCUT2D eigenvalue weighted by Gasteiger charge is 2.14. The Bertz CT molecular complexity index is 1210. The van der Waals surface area contributed by atoms with Gasteiger partial charge in [0.1, 0.15) is 5.82 Å². The molecule has 0 radical (unpaired) electrons. The maximum absolute atomic E-state index is 12.5. The molecule has 33 heavy (non-hydrogen) atoms. The second kappa shape index (κ2) is 11.1. The summed E-state index contributed by atoms with van der Waals surface area (Å²) in [6, 6.07) is 16.2. The number of amides is 1. The molecule has 0 aliphatic rings. The van der Waals surface area contributed by atoms with Gasteiger partial charge in [0.25, 0.3) is 10.0 Å². The Morgan fingerprint density at radius 2 is 1.85 bits per heavy atom. The summed E-state index contributed by atoms with van der Waals surface area (Å²) >= 11 is 0. The molecule has 0 aliphatic heterocycles. The summed E-state index contributed by atoms with van der Waals surface area (Å²) in [6.07, 6.45) is 5.42. The minimum atomic E-state index is -3.78. The van der Waals surface area contributed by atoms with Crippen LogP contribution in [-0.4, -0.2) is 33.0 Å². The molecule has 0 unspecified atom stereocenters. The predicted molar refractivity (Wildman–Crippen MR) is 128 cm³/mol. The number of rotatable bonds is 10. The standard InChI is InChI=1S/C24H25N3O5S/c1-3-16-32-21-13-7-18(17-22(21)31-2)8-14-24(28)26-19-9-11-20(12-10-19)33(29,30)27-23-6-4-5-15-25-23/h4-15,17H,3,16H2,1-2H3,(H,25,27)(H,26,28)/b14-8+. The van der Waals surface area contributed by atoms with Crippen molar-refractivity contribution >= 4 is 33.5 Å². The summed E-state index contributed by atoms with van der Waals surface area (Å²) in [4.78, 5) is 16.3. The van der Waals surface area contributed by atoms with Crippen molar-refractivity contribution in [3.05, 3.63) is 78.5 Å². The number of nitrogens with zero attached hydrogens (tertiary/aromatic N) is 1. The predicted octanol–water partition coefficient (Wildman–Crippen LogP) is 4.33. The third-order valence-electron chi connectivity index (χ3n) is 4.41. The molecule has 0 saturated heterocycles. The second-order valence-electron chi connectivity index (χ2n) is 6.93. The number of benzene rings is 2. The minimum absolute atomic E-state index is 0.0548. The van der Waals surface area contributed by atoms with E-state index in [1.54, 1.807) is 43.5 Å². The topological polar surface area (TPSA) is 107 Å². The third-order valence-corrected chi connectivity index (χ3v) is 5.78. The normalized spacial score (nSPS) is 11.2. The van der Waals surface area contributed by atoms with E-state index in [0.29, 0.717) is 23.8 Å². The SMILES string of the molecule is CCCOc1ccc(/C=C/C(=O)Nc2ccc(S(=O)(=O)Nc3ccccn3)cc2)cc1OC. The zero-order chi connectivity index (χ0) is 23.7. The number of ether oxygens (including phenoxy) is 2. The first-order chi connectivity index (χ1) is 15.9. The van der Waals surface area contributed by atoms with Crippen molar-refractivity contribution in [3.63, 3.8) is 0 Å². The number of methoxy groups -OCH3 is 1. The lowest BCUT2D eigenvalue weighted by Crippen LogP contribution is -2.14. The van der Waals surface area contributed by atoms with Crippen LogP contribution in [0.4, 0.5) is 11.5 Å². The van der Waals surface area contributed by atoms with E-state index >= 15 is 0 Å². The molecule has 1 amide bonds. The Balaban J connectivity index is 1.62. The van der Waals surface area contributed by atoms with Crippen molar-refractivity contribution in [2.75, 3.05) is 23.8 Å². The van der Waals surface area contributed by atoms with Crippen molar-refractivity contribution in [2.24, 2.45) is 0 Å². The molecule has 3 aromatic rings. The van der Waals surface area contributed by atoms with Crippen LogP contribution in [-0.2, 0) is 14.8 Å². The molecular weight excluding hydrogens is 442 g/mol. The van der Waals surface area contributed by atoms with Gasteiger partial charge in [-0.15, -0.1) is 0 Å². The van der Waals surface area contributed by atoms with Crippen molar-refractivity contribution in [1.82, 2.24) is 4.98 Å². The molecule has 1 aromatic heterocycles. The summed E-state index contributed by atoms with van der Waals surface area (Å²) in [7, 11) is -2.22. The number of sulfonamides is 1. The van der Waals surface area contributed by atoms with Crippen LogP contribution in [0.15, 0.2) is 77.8 Å². The smallest absolute Gasteiger partial charge is 0.263 e. The first kappa shape index (κ1) is 23.8. The highest BCUT2D eigenvalue weighted by molar-refractivity contribution is 7.92. The fourth-order valence-electron chi connectivity index (χ4n) is 2.81. The zero-order valence-electron chi connectivity index (χ0n) is 18.3. The Labute approximate surface area is 193 Å². The van der Waals surface area contributed by atoms with Gasteiger partial charge < -0.3 is 14.8 Å². The molecule has 2 N–H and O–H groups in total. The number of carbonyl (C=O) groups excluding carboxylic acids is 1. The molecule has 0 atom stereocenters. The molecule has 8 nitrogen and oxygen atoms in total. The van der Waals surface area contributed by atoms with Crippen LogP contribution in [0.2, 0.25) is 0 Å². The van der Waals surface area contributed by atoms with Gasteiger partial charge in [-0.3, -0.25) is 9.52 Å². The van der Waals surface area contributed by atoms with Crippen LogP contribution < -0.4 is 19.5 Å². The Morgan fingerprint density at radius 1 is 1.06 bits per heavy atom. The van der Waals surface area contributed by atoms with Crippen LogP contribution >= 0.6 is 0 Å². The molecule has 0 spiro atoms. The minimum Gasteiger partial charge on any atom is -0.493 e. The largest absolute Gasteiger partial charge is 0.493 e. The maximum atomic E-state index is 12.5. The first-order valence-corrected chi connectivity index (χ1v) is 11.7. The number of anilines is 2. The van der Waals surface area contributed by atoms with Crippen LogP contribution in [0.5, 0.6) is 11.5 Å². The van der Waals surface area contributed by atoms with E-state index in [1.165, 1.54) is 36.5 Å². The molecule has 0 saturated carbocycles. The Hall–Kier alpha value is -3.85. The fourth-order valence-corrected chi connectivity index (χ4v) is 3.82. The lowest BCUT2D eigenvalue weighted by molar-refractivity contribution is -0.111. The molecule has 2 aromatic carbocycles. The van der Waals surface area contributed by atoms with Crippen LogP contribution in [0.25, 0.3) is 6.08 Å². The molecular formula is C24H25N3O5S. The maximum Gasteiger partial charge on any atom is 0.263 e. The van der Waals surface area contributed by atoms with Gasteiger partial charge in [-0.25, -0.2) is 13.4 Å². The number of pyridine rings is 1. The average Bonchev–Trinajstić information content (AvgIpc) is 2.82. The number of hydrogen-bond acceptors (Lipinski definition) is 6. The van der Waals surface area contributed by atoms with E-state index in [-0.39, 0.29) is 16.6 Å². The van der Waals surface area contributed by atoms with Gasteiger partial charge in [-0.05, 0) is 66.6 Å². The molecule has 0 aliphatic carbocycles. The van der Waals surface area contributed by atoms with Crippen LogP contribution in [0.3, 0.4) is 0 Å². The molecule has 172 valence electrons. The third kappa shape index (κ3) is 6.81. The summed E-state index contributed by atoms with van der Waals surface area (Å²) in [5.74, 6) is 1.10. The molecule has 1 heterocycles. The van der Waals surface area contributed by atoms with E-state index < -0.39 is 10.0 Å². The van der Waals surface area contributed by atoms with Crippen molar-refractivity contribution in [1.29, 1.82) is 0 Å². The second-order valence-corrected chi connectivity index (χ2v) is 8.61. The number of carbonyl (C=O) groups is 1. The summed E-state index contributed by atoms with van der Waals surface area (Å²) in [5.41, 5.74) is 1.23. The lowest BCUT2D eigenvalue weighted by atomic mass is 10.2. The number of hydrogen-bond donors (Lipinski definition) is 2. The van der Waals surface area contributed by atoms with E-state index in [2.05, 4.69) is 15.0 Å². The lowest BCUT2D eigenvalue weighted by Gasteiger charge is -2.10. The Morgan fingerprint density at radius 3 is 2.52 bits per heavy atom. The van der Waals surface area contributed by atoms with Gasteiger partial charge in [0.05, 0.1) is 18.6 Å². The van der Waals surface area contributed by atoms with E-state index in [0.717, 1.165) is 12.0 Å². The first-order valence-electron chi connectivity index (χ1n) is 10.2. The van der Waals surface area contributed by atoms with Crippen molar-refractivity contribution in [3.8, 4) is 11.5 Å². The van der Waals surface area contributed by atoms with Crippen molar-refractivity contribution in [2.45, 2.75) is 18.2 Å². The average molecular weight is 468 g/mol. The molecule has 9 heteroatoms.